The van der Waals surface area contributed by atoms with Crippen LogP contribution in [-0.2, 0) is 4.74 Å². The second-order valence-corrected chi connectivity index (χ2v) is 4.25. The number of hydrogen-bond donors (Lipinski definition) is 1. The van der Waals surface area contributed by atoms with Gasteiger partial charge in [-0.25, -0.2) is 4.39 Å². The molecular formula is C14H22FNO2. The number of unbranched alkanes of at least 4 members (excludes halogenated alkanes) is 1. The molecule has 0 saturated heterocycles. The lowest BCUT2D eigenvalue weighted by Gasteiger charge is -2.14. The first-order valence-electron chi connectivity index (χ1n) is 6.41. The first-order chi connectivity index (χ1) is 8.66. The van der Waals surface area contributed by atoms with Crippen LogP contribution >= 0.6 is 0 Å². The largest absolute Gasteiger partial charge is 0.491 e. The van der Waals surface area contributed by atoms with E-state index in [0.717, 1.165) is 19.4 Å². The molecule has 3 nitrogen and oxygen atoms in total. The van der Waals surface area contributed by atoms with Crippen LogP contribution in [0.25, 0.3) is 0 Å². The Morgan fingerprint density at radius 3 is 2.72 bits per heavy atom. The number of rotatable bonds is 8. The van der Waals surface area contributed by atoms with Crippen LogP contribution in [0.3, 0.4) is 0 Å². The topological polar surface area (TPSA) is 44.5 Å². The average Bonchev–Trinajstić information content (AvgIpc) is 2.33. The summed E-state index contributed by atoms with van der Waals surface area (Å²) in [5.41, 5.74) is 6.16. The fourth-order valence-corrected chi connectivity index (χ4v) is 1.64. The summed E-state index contributed by atoms with van der Waals surface area (Å²) >= 11 is 0. The monoisotopic (exact) mass is 255 g/mol. The van der Waals surface area contributed by atoms with Gasteiger partial charge in [-0.05, 0) is 25.5 Å². The Bertz CT molecular complexity index is 356. The summed E-state index contributed by atoms with van der Waals surface area (Å²) in [5.74, 6) is 0.179. The highest BCUT2D eigenvalue weighted by Crippen LogP contribution is 2.26. The Morgan fingerprint density at radius 2 is 2.06 bits per heavy atom. The lowest BCUT2D eigenvalue weighted by atomic mass is 10.1. The third kappa shape index (κ3) is 4.63. The van der Waals surface area contributed by atoms with Crippen LogP contribution in [0.4, 0.5) is 4.39 Å². The van der Waals surface area contributed by atoms with Crippen molar-refractivity contribution in [3.05, 3.63) is 29.6 Å². The lowest BCUT2D eigenvalue weighted by Crippen LogP contribution is -2.13. The van der Waals surface area contributed by atoms with Crippen molar-refractivity contribution in [1.82, 2.24) is 0 Å². The first-order valence-corrected chi connectivity index (χ1v) is 6.41. The van der Waals surface area contributed by atoms with Gasteiger partial charge in [-0.2, -0.15) is 0 Å². The third-order valence-corrected chi connectivity index (χ3v) is 2.60. The van der Waals surface area contributed by atoms with Crippen LogP contribution < -0.4 is 10.5 Å². The van der Waals surface area contributed by atoms with Crippen molar-refractivity contribution < 1.29 is 13.9 Å². The molecule has 0 bridgehead atoms. The molecule has 4 heteroatoms. The fraction of sp³-hybridized carbons (Fsp3) is 0.571. The van der Waals surface area contributed by atoms with Crippen molar-refractivity contribution in [3.63, 3.8) is 0 Å². The van der Waals surface area contributed by atoms with Gasteiger partial charge in [0.05, 0.1) is 6.61 Å². The van der Waals surface area contributed by atoms with E-state index in [1.165, 1.54) is 6.07 Å². The van der Waals surface area contributed by atoms with Crippen LogP contribution in [0.2, 0.25) is 0 Å². The van der Waals surface area contributed by atoms with E-state index in [4.69, 9.17) is 15.2 Å². The number of hydrogen-bond acceptors (Lipinski definition) is 3. The smallest absolute Gasteiger partial charge is 0.131 e. The minimum absolute atomic E-state index is 0.325. The summed E-state index contributed by atoms with van der Waals surface area (Å²) in [6.07, 6.45) is 2.16. The molecule has 102 valence electrons. The molecule has 18 heavy (non-hydrogen) atoms. The number of benzene rings is 1. The van der Waals surface area contributed by atoms with E-state index in [2.05, 4.69) is 6.92 Å². The van der Waals surface area contributed by atoms with Gasteiger partial charge in [0.25, 0.3) is 0 Å². The molecule has 0 aliphatic rings. The van der Waals surface area contributed by atoms with Crippen LogP contribution in [0.15, 0.2) is 18.2 Å². The maximum Gasteiger partial charge on any atom is 0.131 e. The van der Waals surface area contributed by atoms with Crippen molar-refractivity contribution in [2.45, 2.75) is 32.7 Å². The molecule has 1 rings (SSSR count). The zero-order valence-electron chi connectivity index (χ0n) is 11.1. The minimum atomic E-state index is -0.387. The van der Waals surface area contributed by atoms with Gasteiger partial charge in [0.15, 0.2) is 0 Å². The molecule has 0 aliphatic carbocycles. The van der Waals surface area contributed by atoms with Crippen molar-refractivity contribution in [2.24, 2.45) is 5.73 Å². The molecule has 0 fully saturated rings. The molecule has 0 aromatic heterocycles. The zero-order chi connectivity index (χ0) is 13.4. The Kier molecular flexibility index (Phi) is 6.68. The molecule has 0 aliphatic heterocycles. The normalized spacial score (nSPS) is 12.4. The molecule has 0 radical (unpaired) electrons. The highest BCUT2D eigenvalue weighted by atomic mass is 19.1. The summed E-state index contributed by atoms with van der Waals surface area (Å²) < 4.78 is 24.5. The molecule has 0 amide bonds. The molecule has 1 aromatic rings. The Balaban J connectivity index is 2.44. The van der Waals surface area contributed by atoms with E-state index >= 15 is 0 Å². The van der Waals surface area contributed by atoms with Crippen LogP contribution in [0.1, 0.15) is 38.3 Å². The third-order valence-electron chi connectivity index (χ3n) is 2.60. The molecule has 0 heterocycles. The molecule has 1 aromatic carbocycles. The van der Waals surface area contributed by atoms with Crippen molar-refractivity contribution in [3.8, 4) is 5.75 Å². The minimum Gasteiger partial charge on any atom is -0.491 e. The van der Waals surface area contributed by atoms with E-state index in [9.17, 15) is 4.39 Å². The summed E-state index contributed by atoms with van der Waals surface area (Å²) in [6, 6.07) is 4.35. The Labute approximate surface area is 108 Å². The predicted molar refractivity (Wildman–Crippen MR) is 70.2 cm³/mol. The number of ether oxygens (including phenoxy) is 2. The van der Waals surface area contributed by atoms with Crippen molar-refractivity contribution in [1.29, 1.82) is 0 Å². The second-order valence-electron chi connectivity index (χ2n) is 4.25. The van der Waals surface area contributed by atoms with Gasteiger partial charge in [0, 0.05) is 18.2 Å². The molecule has 1 atom stereocenters. The van der Waals surface area contributed by atoms with Gasteiger partial charge in [0.1, 0.15) is 18.2 Å². The first kappa shape index (κ1) is 14.9. The summed E-state index contributed by atoms with van der Waals surface area (Å²) in [6.45, 7) is 5.51. The molecule has 0 spiro atoms. The second kappa shape index (κ2) is 8.06. The molecule has 2 N–H and O–H groups in total. The van der Waals surface area contributed by atoms with Gasteiger partial charge < -0.3 is 15.2 Å². The fourth-order valence-electron chi connectivity index (χ4n) is 1.64. The van der Waals surface area contributed by atoms with Crippen molar-refractivity contribution in [2.75, 3.05) is 19.8 Å². The van der Waals surface area contributed by atoms with E-state index in [1.54, 1.807) is 19.1 Å². The summed E-state index contributed by atoms with van der Waals surface area (Å²) in [7, 11) is 0. The van der Waals surface area contributed by atoms with E-state index < -0.39 is 0 Å². The van der Waals surface area contributed by atoms with Gasteiger partial charge in [-0.3, -0.25) is 0 Å². The molecular weight excluding hydrogens is 233 g/mol. The highest BCUT2D eigenvalue weighted by Gasteiger charge is 2.13. The van der Waals surface area contributed by atoms with Gasteiger partial charge in [-0.15, -0.1) is 0 Å². The van der Waals surface area contributed by atoms with E-state index in [1.807, 2.05) is 0 Å². The Morgan fingerprint density at radius 1 is 1.28 bits per heavy atom. The van der Waals surface area contributed by atoms with E-state index in [0.29, 0.717) is 24.5 Å². The van der Waals surface area contributed by atoms with Gasteiger partial charge in [0.2, 0.25) is 0 Å². The van der Waals surface area contributed by atoms with E-state index in [-0.39, 0.29) is 11.9 Å². The zero-order valence-corrected chi connectivity index (χ0v) is 11.1. The average molecular weight is 255 g/mol. The summed E-state index contributed by atoms with van der Waals surface area (Å²) in [5, 5.41) is 0. The SMILES string of the molecule is CCCCOCCOc1cccc(F)c1[C@H](C)N. The maximum atomic E-state index is 13.6. The lowest BCUT2D eigenvalue weighted by molar-refractivity contribution is 0.0974. The Hall–Kier alpha value is -1.13. The van der Waals surface area contributed by atoms with Gasteiger partial charge in [-0.1, -0.05) is 19.4 Å². The maximum absolute atomic E-state index is 13.6. The highest BCUT2D eigenvalue weighted by molar-refractivity contribution is 5.36. The number of nitrogens with two attached hydrogens (primary N) is 1. The van der Waals surface area contributed by atoms with Crippen molar-refractivity contribution >= 4 is 0 Å². The van der Waals surface area contributed by atoms with Gasteiger partial charge >= 0.3 is 0 Å². The number of halogens is 1. The van der Waals surface area contributed by atoms with Crippen LogP contribution in [0.5, 0.6) is 5.75 Å². The van der Waals surface area contributed by atoms with Crippen LogP contribution in [-0.4, -0.2) is 19.8 Å². The molecule has 0 unspecified atom stereocenters. The standard InChI is InChI=1S/C14H22FNO2/c1-3-4-8-17-9-10-18-13-7-5-6-12(15)14(13)11(2)16/h5-7,11H,3-4,8-10,16H2,1-2H3/t11-/m0/s1. The quantitative estimate of drug-likeness (QED) is 0.726. The summed E-state index contributed by atoms with van der Waals surface area (Å²) in [4.78, 5) is 0. The van der Waals surface area contributed by atoms with Crippen LogP contribution in [0, 0.1) is 5.82 Å². The molecule has 0 saturated carbocycles. The predicted octanol–water partition coefficient (Wildman–Crippen LogP) is 3.04.